The molecule has 0 bridgehead atoms. The number of nitrogens with one attached hydrogen (secondary N) is 2. The average molecular weight is 292 g/mol. The van der Waals surface area contributed by atoms with E-state index in [0.717, 1.165) is 16.0 Å². The van der Waals surface area contributed by atoms with Crippen LogP contribution in [0.4, 0.5) is 5.69 Å². The largest absolute Gasteiger partial charge is 0.375 e. The maximum atomic E-state index is 8.88. The standard InChI is InChI=1S/C11H10BrN5/c1-7(11-14-6-15-17-11)16-10-3-8(5-13)2-9(12)4-10/h2-4,6-7,16H,1H3,(H,14,15,17). The molecular weight excluding hydrogens is 282 g/mol. The Balaban J connectivity index is 2.19. The third-order valence-electron chi connectivity index (χ3n) is 2.25. The average Bonchev–Trinajstić information content (AvgIpc) is 2.81. The number of aromatic amines is 1. The third kappa shape index (κ3) is 2.82. The van der Waals surface area contributed by atoms with Crippen LogP contribution in [-0.4, -0.2) is 15.2 Å². The van der Waals surface area contributed by atoms with Crippen LogP contribution in [0.5, 0.6) is 0 Å². The summed E-state index contributed by atoms with van der Waals surface area (Å²) in [6.45, 7) is 1.97. The van der Waals surface area contributed by atoms with Crippen molar-refractivity contribution in [1.82, 2.24) is 15.2 Å². The molecule has 2 rings (SSSR count). The summed E-state index contributed by atoms with van der Waals surface area (Å²) in [5, 5.41) is 18.7. The number of anilines is 1. The first kappa shape index (κ1) is 11.6. The van der Waals surface area contributed by atoms with Crippen LogP contribution in [0.15, 0.2) is 29.0 Å². The highest BCUT2D eigenvalue weighted by Gasteiger charge is 2.08. The third-order valence-corrected chi connectivity index (χ3v) is 2.71. The molecule has 0 saturated heterocycles. The first-order valence-electron chi connectivity index (χ1n) is 5.01. The Hall–Kier alpha value is -1.87. The van der Waals surface area contributed by atoms with Crippen LogP contribution < -0.4 is 5.32 Å². The van der Waals surface area contributed by atoms with E-state index in [0.29, 0.717) is 5.56 Å². The summed E-state index contributed by atoms with van der Waals surface area (Å²) in [7, 11) is 0. The number of aromatic nitrogens is 3. The summed E-state index contributed by atoms with van der Waals surface area (Å²) in [6, 6.07) is 7.58. The molecule has 0 aliphatic rings. The minimum Gasteiger partial charge on any atom is -0.375 e. The predicted molar refractivity (Wildman–Crippen MR) is 67.3 cm³/mol. The fourth-order valence-corrected chi connectivity index (χ4v) is 1.97. The Morgan fingerprint density at radius 1 is 1.47 bits per heavy atom. The molecule has 6 heteroatoms. The van der Waals surface area contributed by atoms with Gasteiger partial charge in [-0.15, -0.1) is 0 Å². The maximum Gasteiger partial charge on any atom is 0.146 e. The molecule has 1 heterocycles. The van der Waals surface area contributed by atoms with Gasteiger partial charge in [0, 0.05) is 10.2 Å². The first-order valence-corrected chi connectivity index (χ1v) is 5.81. The van der Waals surface area contributed by atoms with Crippen molar-refractivity contribution in [2.24, 2.45) is 0 Å². The first-order chi connectivity index (χ1) is 8.19. The maximum absolute atomic E-state index is 8.88. The van der Waals surface area contributed by atoms with Crippen molar-refractivity contribution in [3.05, 3.63) is 40.4 Å². The number of nitrogens with zero attached hydrogens (tertiary/aromatic N) is 3. The number of nitriles is 1. The monoisotopic (exact) mass is 291 g/mol. The minimum absolute atomic E-state index is 0.00153. The van der Waals surface area contributed by atoms with Gasteiger partial charge in [0.25, 0.3) is 0 Å². The SMILES string of the molecule is CC(Nc1cc(Br)cc(C#N)c1)c1ncn[nH]1. The molecule has 1 aromatic carbocycles. The van der Waals surface area contributed by atoms with Gasteiger partial charge >= 0.3 is 0 Å². The molecule has 86 valence electrons. The normalized spacial score (nSPS) is 11.8. The molecule has 1 unspecified atom stereocenters. The summed E-state index contributed by atoms with van der Waals surface area (Å²) in [4.78, 5) is 4.07. The van der Waals surface area contributed by atoms with Crippen LogP contribution >= 0.6 is 15.9 Å². The van der Waals surface area contributed by atoms with Crippen molar-refractivity contribution in [2.45, 2.75) is 13.0 Å². The lowest BCUT2D eigenvalue weighted by molar-refractivity contribution is 0.795. The summed E-state index contributed by atoms with van der Waals surface area (Å²) >= 11 is 3.37. The topological polar surface area (TPSA) is 77.4 Å². The van der Waals surface area contributed by atoms with Gasteiger partial charge in [-0.3, -0.25) is 5.10 Å². The van der Waals surface area contributed by atoms with Crippen molar-refractivity contribution < 1.29 is 0 Å². The van der Waals surface area contributed by atoms with Crippen molar-refractivity contribution in [3.8, 4) is 6.07 Å². The van der Waals surface area contributed by atoms with Gasteiger partial charge in [0.15, 0.2) is 0 Å². The van der Waals surface area contributed by atoms with Gasteiger partial charge in [0.05, 0.1) is 17.7 Å². The lowest BCUT2D eigenvalue weighted by Gasteiger charge is -2.13. The second-order valence-electron chi connectivity index (χ2n) is 3.58. The van der Waals surface area contributed by atoms with Crippen LogP contribution in [0.1, 0.15) is 24.4 Å². The fourth-order valence-electron chi connectivity index (χ4n) is 1.48. The van der Waals surface area contributed by atoms with E-state index in [1.807, 2.05) is 13.0 Å². The smallest absolute Gasteiger partial charge is 0.146 e. The van der Waals surface area contributed by atoms with Crippen molar-refractivity contribution in [1.29, 1.82) is 5.26 Å². The lowest BCUT2D eigenvalue weighted by atomic mass is 10.2. The quantitative estimate of drug-likeness (QED) is 0.911. The van der Waals surface area contributed by atoms with Crippen LogP contribution in [0.2, 0.25) is 0 Å². The molecule has 17 heavy (non-hydrogen) atoms. The van der Waals surface area contributed by atoms with Crippen molar-refractivity contribution >= 4 is 21.6 Å². The molecule has 0 aliphatic carbocycles. The Kier molecular flexibility index (Phi) is 3.40. The van der Waals surface area contributed by atoms with Crippen molar-refractivity contribution in [2.75, 3.05) is 5.32 Å². The van der Waals surface area contributed by atoms with E-state index in [1.165, 1.54) is 6.33 Å². The lowest BCUT2D eigenvalue weighted by Crippen LogP contribution is -2.08. The highest BCUT2D eigenvalue weighted by molar-refractivity contribution is 9.10. The zero-order valence-corrected chi connectivity index (χ0v) is 10.7. The van der Waals surface area contributed by atoms with Gasteiger partial charge in [-0.25, -0.2) is 4.98 Å². The van der Waals surface area contributed by atoms with E-state index in [2.05, 4.69) is 42.5 Å². The second-order valence-corrected chi connectivity index (χ2v) is 4.49. The summed E-state index contributed by atoms with van der Waals surface area (Å²) in [6.07, 6.45) is 1.47. The number of benzene rings is 1. The van der Waals surface area contributed by atoms with E-state index in [4.69, 9.17) is 5.26 Å². The van der Waals surface area contributed by atoms with E-state index in [9.17, 15) is 0 Å². The number of halogens is 1. The van der Waals surface area contributed by atoms with E-state index in [1.54, 1.807) is 12.1 Å². The van der Waals surface area contributed by atoms with Crippen LogP contribution in [0.25, 0.3) is 0 Å². The van der Waals surface area contributed by atoms with Crippen LogP contribution in [0, 0.1) is 11.3 Å². The van der Waals surface area contributed by atoms with Crippen molar-refractivity contribution in [3.63, 3.8) is 0 Å². The number of H-pyrrole nitrogens is 1. The van der Waals surface area contributed by atoms with E-state index in [-0.39, 0.29) is 6.04 Å². The van der Waals surface area contributed by atoms with Crippen LogP contribution in [-0.2, 0) is 0 Å². The summed E-state index contributed by atoms with van der Waals surface area (Å²) < 4.78 is 0.865. The van der Waals surface area contributed by atoms with E-state index < -0.39 is 0 Å². The van der Waals surface area contributed by atoms with E-state index >= 15 is 0 Å². The highest BCUT2D eigenvalue weighted by atomic mass is 79.9. The Morgan fingerprint density at radius 3 is 2.94 bits per heavy atom. The molecule has 0 amide bonds. The van der Waals surface area contributed by atoms with Gasteiger partial charge < -0.3 is 5.32 Å². The molecule has 2 N–H and O–H groups in total. The molecule has 5 nitrogen and oxygen atoms in total. The summed E-state index contributed by atoms with van der Waals surface area (Å²) in [5.74, 6) is 0.753. The number of hydrogen-bond donors (Lipinski definition) is 2. The van der Waals surface area contributed by atoms with Gasteiger partial charge in [-0.2, -0.15) is 10.4 Å². The fraction of sp³-hybridized carbons (Fsp3) is 0.182. The Labute approximate surface area is 107 Å². The number of hydrogen-bond acceptors (Lipinski definition) is 4. The zero-order valence-electron chi connectivity index (χ0n) is 9.11. The second kappa shape index (κ2) is 4.97. The Morgan fingerprint density at radius 2 is 2.29 bits per heavy atom. The molecule has 1 atom stereocenters. The highest BCUT2D eigenvalue weighted by Crippen LogP contribution is 2.22. The summed E-state index contributed by atoms with van der Waals surface area (Å²) in [5.41, 5.74) is 1.46. The molecular formula is C11H10BrN5. The molecule has 2 aromatic rings. The molecule has 0 fully saturated rings. The predicted octanol–water partition coefficient (Wildman–Crippen LogP) is 2.61. The minimum atomic E-state index is -0.00153. The van der Waals surface area contributed by atoms with Gasteiger partial charge in [-0.1, -0.05) is 15.9 Å². The molecule has 0 radical (unpaired) electrons. The van der Waals surface area contributed by atoms with Gasteiger partial charge in [0.1, 0.15) is 12.2 Å². The Bertz CT molecular complexity index is 543. The van der Waals surface area contributed by atoms with Crippen LogP contribution in [0.3, 0.4) is 0 Å². The molecule has 0 saturated carbocycles. The molecule has 1 aromatic heterocycles. The number of rotatable bonds is 3. The molecule has 0 spiro atoms. The van der Waals surface area contributed by atoms with Gasteiger partial charge in [0.2, 0.25) is 0 Å². The van der Waals surface area contributed by atoms with Gasteiger partial charge in [-0.05, 0) is 25.1 Å². The zero-order chi connectivity index (χ0) is 12.3. The molecule has 0 aliphatic heterocycles.